The van der Waals surface area contributed by atoms with Crippen LogP contribution in [0.15, 0.2) is 12.1 Å². The monoisotopic (exact) mass is 240 g/mol. The lowest BCUT2D eigenvalue weighted by molar-refractivity contribution is 0.0742. The van der Waals surface area contributed by atoms with Crippen molar-refractivity contribution >= 4 is 11.3 Å². The number of hydrogen-bond donors (Lipinski definition) is 2. The van der Waals surface area contributed by atoms with E-state index in [4.69, 9.17) is 4.74 Å². The minimum absolute atomic E-state index is 0.534. The zero-order valence-corrected chi connectivity index (χ0v) is 10.6. The van der Waals surface area contributed by atoms with Crippen LogP contribution in [0.1, 0.15) is 16.2 Å². The largest absolute Gasteiger partial charge is 0.379 e. The van der Waals surface area contributed by atoms with Crippen LogP contribution in [0.25, 0.3) is 0 Å². The van der Waals surface area contributed by atoms with Gasteiger partial charge in [0.25, 0.3) is 0 Å². The molecule has 1 aromatic rings. The Kier molecular flexibility index (Phi) is 4.78. The van der Waals surface area contributed by atoms with Gasteiger partial charge in [-0.15, -0.1) is 11.3 Å². The second-order valence-electron chi connectivity index (χ2n) is 4.20. The van der Waals surface area contributed by atoms with Crippen LogP contribution in [0.2, 0.25) is 0 Å². The maximum absolute atomic E-state index is 5.41. The van der Waals surface area contributed by atoms with E-state index in [2.05, 4.69) is 29.7 Å². The summed E-state index contributed by atoms with van der Waals surface area (Å²) in [5, 5.41) is 6.94. The molecule has 4 heteroatoms. The predicted octanol–water partition coefficient (Wildman–Crippen LogP) is 1.52. The van der Waals surface area contributed by atoms with Crippen molar-refractivity contribution in [2.75, 3.05) is 26.3 Å². The molecule has 0 amide bonds. The van der Waals surface area contributed by atoms with Crippen LogP contribution in [-0.4, -0.2) is 32.3 Å². The molecule has 2 N–H and O–H groups in total. The van der Waals surface area contributed by atoms with Crippen molar-refractivity contribution in [3.63, 3.8) is 0 Å². The summed E-state index contributed by atoms with van der Waals surface area (Å²) in [5.41, 5.74) is 0. The number of hydrogen-bond acceptors (Lipinski definition) is 4. The number of ether oxygens (including phenoxy) is 1. The Morgan fingerprint density at radius 2 is 2.50 bits per heavy atom. The number of thiophene rings is 1. The third kappa shape index (κ3) is 3.87. The van der Waals surface area contributed by atoms with E-state index in [9.17, 15) is 0 Å². The van der Waals surface area contributed by atoms with Crippen molar-refractivity contribution in [2.45, 2.75) is 25.9 Å². The average Bonchev–Trinajstić information content (AvgIpc) is 2.72. The molecule has 0 aromatic carbocycles. The van der Waals surface area contributed by atoms with Crippen LogP contribution < -0.4 is 10.6 Å². The predicted molar refractivity (Wildman–Crippen MR) is 68.0 cm³/mol. The quantitative estimate of drug-likeness (QED) is 0.766. The molecule has 0 saturated carbocycles. The maximum Gasteiger partial charge on any atom is 0.0620 e. The highest BCUT2D eigenvalue weighted by molar-refractivity contribution is 7.11. The third-order valence-electron chi connectivity index (χ3n) is 2.76. The van der Waals surface area contributed by atoms with Gasteiger partial charge < -0.3 is 15.4 Å². The van der Waals surface area contributed by atoms with E-state index >= 15 is 0 Å². The standard InChI is InChI=1S/C12H20N2OS/c1-10-2-3-12(16-10)8-13-5-4-11-9-15-7-6-14-11/h2-3,11,13-14H,4-9H2,1H3. The van der Waals surface area contributed by atoms with Crippen LogP contribution in [-0.2, 0) is 11.3 Å². The number of morpholine rings is 1. The molecule has 16 heavy (non-hydrogen) atoms. The summed E-state index contributed by atoms with van der Waals surface area (Å²) >= 11 is 1.87. The van der Waals surface area contributed by atoms with Crippen molar-refractivity contribution in [2.24, 2.45) is 0 Å². The fraction of sp³-hybridized carbons (Fsp3) is 0.667. The first kappa shape index (κ1) is 12.0. The molecule has 90 valence electrons. The third-order valence-corrected chi connectivity index (χ3v) is 3.76. The molecule has 0 spiro atoms. The normalized spacial score (nSPS) is 21.2. The van der Waals surface area contributed by atoms with Crippen molar-refractivity contribution in [3.05, 3.63) is 21.9 Å². The molecule has 1 fully saturated rings. The van der Waals surface area contributed by atoms with E-state index in [0.717, 1.165) is 39.3 Å². The zero-order valence-electron chi connectivity index (χ0n) is 9.79. The minimum atomic E-state index is 0.534. The van der Waals surface area contributed by atoms with Crippen LogP contribution in [0.4, 0.5) is 0 Å². The highest BCUT2D eigenvalue weighted by Crippen LogP contribution is 2.14. The van der Waals surface area contributed by atoms with Gasteiger partial charge in [-0.1, -0.05) is 0 Å². The van der Waals surface area contributed by atoms with Crippen molar-refractivity contribution in [3.8, 4) is 0 Å². The molecule has 3 nitrogen and oxygen atoms in total. The second kappa shape index (κ2) is 6.35. The van der Waals surface area contributed by atoms with Gasteiger partial charge in [-0.3, -0.25) is 0 Å². The van der Waals surface area contributed by atoms with Crippen LogP contribution >= 0.6 is 11.3 Å². The first-order valence-electron chi connectivity index (χ1n) is 5.92. The van der Waals surface area contributed by atoms with E-state index < -0.39 is 0 Å². The van der Waals surface area contributed by atoms with Gasteiger partial charge in [0.05, 0.1) is 13.2 Å². The van der Waals surface area contributed by atoms with E-state index in [0.29, 0.717) is 6.04 Å². The first-order chi connectivity index (χ1) is 7.84. The molecular formula is C12H20N2OS. The highest BCUT2D eigenvalue weighted by Gasteiger charge is 2.11. The van der Waals surface area contributed by atoms with E-state index in [-0.39, 0.29) is 0 Å². The lowest BCUT2D eigenvalue weighted by atomic mass is 10.2. The summed E-state index contributed by atoms with van der Waals surface area (Å²) in [6.07, 6.45) is 1.14. The maximum atomic E-state index is 5.41. The smallest absolute Gasteiger partial charge is 0.0620 e. The molecule has 2 heterocycles. The summed E-state index contributed by atoms with van der Waals surface area (Å²) in [4.78, 5) is 2.81. The molecule has 0 radical (unpaired) electrons. The van der Waals surface area contributed by atoms with Gasteiger partial charge in [-0.25, -0.2) is 0 Å². The Balaban J connectivity index is 1.57. The van der Waals surface area contributed by atoms with Crippen LogP contribution in [0, 0.1) is 6.92 Å². The Morgan fingerprint density at radius 1 is 1.56 bits per heavy atom. The number of aryl methyl sites for hydroxylation is 1. The SMILES string of the molecule is Cc1ccc(CNCCC2COCCN2)s1. The highest BCUT2D eigenvalue weighted by atomic mass is 32.1. The summed E-state index contributed by atoms with van der Waals surface area (Å²) in [6, 6.07) is 4.92. The molecule has 1 aromatic heterocycles. The summed E-state index contributed by atoms with van der Waals surface area (Å²) < 4.78 is 5.41. The van der Waals surface area contributed by atoms with Crippen LogP contribution in [0.5, 0.6) is 0 Å². The van der Waals surface area contributed by atoms with Crippen LogP contribution in [0.3, 0.4) is 0 Å². The minimum Gasteiger partial charge on any atom is -0.379 e. The van der Waals surface area contributed by atoms with Gasteiger partial charge in [0.15, 0.2) is 0 Å². The molecular weight excluding hydrogens is 220 g/mol. The second-order valence-corrected chi connectivity index (χ2v) is 5.58. The van der Waals surface area contributed by atoms with E-state index in [1.165, 1.54) is 9.75 Å². The molecule has 1 saturated heterocycles. The van der Waals surface area contributed by atoms with E-state index in [1.54, 1.807) is 0 Å². The Hall–Kier alpha value is -0.420. The molecule has 1 unspecified atom stereocenters. The van der Waals surface area contributed by atoms with Gasteiger partial charge in [0, 0.05) is 28.9 Å². The lowest BCUT2D eigenvalue weighted by Gasteiger charge is -2.23. The fourth-order valence-corrected chi connectivity index (χ4v) is 2.73. The Morgan fingerprint density at radius 3 is 3.19 bits per heavy atom. The topological polar surface area (TPSA) is 33.3 Å². The van der Waals surface area contributed by atoms with Gasteiger partial charge in [-0.2, -0.15) is 0 Å². The summed E-state index contributed by atoms with van der Waals surface area (Å²) in [7, 11) is 0. The van der Waals surface area contributed by atoms with Gasteiger partial charge in [0.1, 0.15) is 0 Å². The lowest BCUT2D eigenvalue weighted by Crippen LogP contribution is -2.42. The molecule has 2 rings (SSSR count). The first-order valence-corrected chi connectivity index (χ1v) is 6.73. The van der Waals surface area contributed by atoms with Crippen molar-refractivity contribution < 1.29 is 4.74 Å². The Labute approximate surface area is 101 Å². The number of rotatable bonds is 5. The summed E-state index contributed by atoms with van der Waals surface area (Å²) in [5.74, 6) is 0. The van der Waals surface area contributed by atoms with Gasteiger partial charge in [0.2, 0.25) is 0 Å². The number of nitrogens with one attached hydrogen (secondary N) is 2. The van der Waals surface area contributed by atoms with E-state index in [1.807, 2.05) is 11.3 Å². The molecule has 0 bridgehead atoms. The van der Waals surface area contributed by atoms with Gasteiger partial charge >= 0.3 is 0 Å². The summed E-state index contributed by atoms with van der Waals surface area (Å²) in [6.45, 7) is 6.91. The molecule has 0 aliphatic carbocycles. The molecule has 1 aliphatic heterocycles. The molecule has 1 atom stereocenters. The van der Waals surface area contributed by atoms with Crippen molar-refractivity contribution in [1.82, 2.24) is 10.6 Å². The van der Waals surface area contributed by atoms with Gasteiger partial charge in [-0.05, 0) is 32.0 Å². The average molecular weight is 240 g/mol. The van der Waals surface area contributed by atoms with Crippen molar-refractivity contribution in [1.29, 1.82) is 0 Å². The fourth-order valence-electron chi connectivity index (χ4n) is 1.87. The Bertz CT molecular complexity index is 308. The zero-order chi connectivity index (χ0) is 11.2. The molecule has 1 aliphatic rings.